The first-order valence-corrected chi connectivity index (χ1v) is 8.57. The van der Waals surface area contributed by atoms with Crippen LogP contribution in [0.3, 0.4) is 0 Å². The number of likely N-dealkylation sites (tertiary alicyclic amines) is 1. The van der Waals surface area contributed by atoms with Crippen LogP contribution in [0, 0.1) is 5.92 Å². The first kappa shape index (κ1) is 15.9. The van der Waals surface area contributed by atoms with E-state index in [2.05, 4.69) is 9.80 Å². The Morgan fingerprint density at radius 2 is 1.68 bits per heavy atom. The van der Waals surface area contributed by atoms with E-state index in [4.69, 9.17) is 4.74 Å². The number of aliphatic hydroxyl groups is 1. The van der Waals surface area contributed by atoms with E-state index in [9.17, 15) is 5.11 Å². The Hall–Kier alpha value is -0.940. The standard InChI is InChI=1S/C18H28N2O2/c21-18(17-4-2-1-3-5-17)15-19-8-6-16(7-9-19)14-20-10-12-22-13-11-20/h1-5,16,18,21H,6-15H2. The van der Waals surface area contributed by atoms with Crippen molar-refractivity contribution in [3.63, 3.8) is 0 Å². The number of rotatable bonds is 5. The molecule has 0 bridgehead atoms. The average molecular weight is 304 g/mol. The Balaban J connectivity index is 1.40. The zero-order valence-electron chi connectivity index (χ0n) is 13.4. The Morgan fingerprint density at radius 1 is 1.00 bits per heavy atom. The van der Waals surface area contributed by atoms with E-state index in [0.29, 0.717) is 0 Å². The second-order valence-electron chi connectivity index (χ2n) is 6.58. The van der Waals surface area contributed by atoms with Crippen LogP contribution in [0.25, 0.3) is 0 Å². The molecule has 1 N–H and O–H groups in total. The minimum absolute atomic E-state index is 0.364. The fraction of sp³-hybridized carbons (Fsp3) is 0.667. The molecule has 4 nitrogen and oxygen atoms in total. The van der Waals surface area contributed by atoms with Gasteiger partial charge < -0.3 is 14.7 Å². The summed E-state index contributed by atoms with van der Waals surface area (Å²) >= 11 is 0. The third kappa shape index (κ3) is 4.53. The van der Waals surface area contributed by atoms with Crippen LogP contribution in [-0.4, -0.2) is 67.4 Å². The SMILES string of the molecule is OC(CN1CCC(CN2CCOCC2)CC1)c1ccccc1. The second kappa shape index (κ2) is 8.06. The van der Waals surface area contributed by atoms with Crippen LogP contribution in [0.1, 0.15) is 24.5 Å². The monoisotopic (exact) mass is 304 g/mol. The summed E-state index contributed by atoms with van der Waals surface area (Å²) in [6.45, 7) is 8.16. The number of aliphatic hydroxyl groups excluding tert-OH is 1. The molecule has 0 spiro atoms. The van der Waals surface area contributed by atoms with Crippen LogP contribution in [-0.2, 0) is 4.74 Å². The van der Waals surface area contributed by atoms with E-state index in [-0.39, 0.29) is 6.10 Å². The molecule has 1 aromatic carbocycles. The maximum absolute atomic E-state index is 10.3. The van der Waals surface area contributed by atoms with E-state index in [1.807, 2.05) is 30.3 Å². The van der Waals surface area contributed by atoms with Gasteiger partial charge in [-0.05, 0) is 37.4 Å². The third-order valence-corrected chi connectivity index (χ3v) is 4.94. The molecule has 2 aliphatic heterocycles. The summed E-state index contributed by atoms with van der Waals surface area (Å²) in [6, 6.07) is 10.00. The number of morpholine rings is 1. The average Bonchev–Trinajstić information content (AvgIpc) is 2.58. The summed E-state index contributed by atoms with van der Waals surface area (Å²) < 4.78 is 5.41. The van der Waals surface area contributed by atoms with Gasteiger partial charge in [0.2, 0.25) is 0 Å². The summed E-state index contributed by atoms with van der Waals surface area (Å²) in [6.07, 6.45) is 2.13. The molecule has 2 heterocycles. The number of β-amino-alcohol motifs (C(OH)–C–C–N with tert-alkyl or cyclic N) is 1. The van der Waals surface area contributed by atoms with Crippen LogP contribution in [0.4, 0.5) is 0 Å². The molecule has 0 radical (unpaired) electrons. The van der Waals surface area contributed by atoms with Crippen molar-refractivity contribution in [3.8, 4) is 0 Å². The normalized spacial score (nSPS) is 23.5. The van der Waals surface area contributed by atoms with E-state index >= 15 is 0 Å². The lowest BCUT2D eigenvalue weighted by Crippen LogP contribution is -2.43. The molecule has 0 amide bonds. The second-order valence-corrected chi connectivity index (χ2v) is 6.58. The molecule has 4 heteroatoms. The minimum atomic E-state index is -0.364. The lowest BCUT2D eigenvalue weighted by Gasteiger charge is -2.36. The van der Waals surface area contributed by atoms with E-state index < -0.39 is 0 Å². The van der Waals surface area contributed by atoms with Crippen LogP contribution >= 0.6 is 0 Å². The Bertz CT molecular complexity index is 426. The highest BCUT2D eigenvalue weighted by molar-refractivity contribution is 5.17. The van der Waals surface area contributed by atoms with Crippen molar-refractivity contribution in [2.45, 2.75) is 18.9 Å². The van der Waals surface area contributed by atoms with Crippen molar-refractivity contribution in [2.24, 2.45) is 5.92 Å². The van der Waals surface area contributed by atoms with Gasteiger partial charge in [-0.25, -0.2) is 0 Å². The molecule has 0 aromatic heterocycles. The number of hydrogen-bond acceptors (Lipinski definition) is 4. The molecule has 2 fully saturated rings. The Labute approximate surface area is 133 Å². The fourth-order valence-electron chi connectivity index (χ4n) is 3.53. The number of benzene rings is 1. The maximum Gasteiger partial charge on any atom is 0.0916 e. The highest BCUT2D eigenvalue weighted by atomic mass is 16.5. The first-order chi connectivity index (χ1) is 10.8. The number of nitrogens with zero attached hydrogens (tertiary/aromatic N) is 2. The lowest BCUT2D eigenvalue weighted by molar-refractivity contribution is 0.0217. The summed E-state index contributed by atoms with van der Waals surface area (Å²) in [5, 5.41) is 10.3. The molecular formula is C18H28N2O2. The maximum atomic E-state index is 10.3. The largest absolute Gasteiger partial charge is 0.387 e. The summed E-state index contributed by atoms with van der Waals surface area (Å²) in [5.41, 5.74) is 1.03. The molecule has 3 rings (SSSR count). The first-order valence-electron chi connectivity index (χ1n) is 8.57. The highest BCUT2D eigenvalue weighted by Gasteiger charge is 2.23. The summed E-state index contributed by atoms with van der Waals surface area (Å²) in [7, 11) is 0. The molecule has 2 aliphatic rings. The van der Waals surface area contributed by atoms with Gasteiger partial charge in [-0.15, -0.1) is 0 Å². The minimum Gasteiger partial charge on any atom is -0.387 e. The zero-order valence-corrected chi connectivity index (χ0v) is 13.4. The molecule has 1 aromatic rings. The van der Waals surface area contributed by atoms with Gasteiger partial charge in [-0.1, -0.05) is 30.3 Å². The Kier molecular flexibility index (Phi) is 5.84. The molecular weight excluding hydrogens is 276 g/mol. The van der Waals surface area contributed by atoms with Crippen LogP contribution in [0.5, 0.6) is 0 Å². The quantitative estimate of drug-likeness (QED) is 0.899. The number of piperidine rings is 1. The molecule has 22 heavy (non-hydrogen) atoms. The molecule has 122 valence electrons. The van der Waals surface area contributed by atoms with Crippen LogP contribution in [0.15, 0.2) is 30.3 Å². The van der Waals surface area contributed by atoms with Gasteiger partial charge in [0.25, 0.3) is 0 Å². The van der Waals surface area contributed by atoms with Gasteiger partial charge >= 0.3 is 0 Å². The van der Waals surface area contributed by atoms with Crippen molar-refractivity contribution in [3.05, 3.63) is 35.9 Å². The van der Waals surface area contributed by atoms with Gasteiger partial charge in [-0.2, -0.15) is 0 Å². The molecule has 1 atom stereocenters. The van der Waals surface area contributed by atoms with Crippen molar-refractivity contribution >= 4 is 0 Å². The van der Waals surface area contributed by atoms with E-state index in [0.717, 1.165) is 57.4 Å². The van der Waals surface area contributed by atoms with Crippen molar-refractivity contribution in [2.75, 3.05) is 52.5 Å². The van der Waals surface area contributed by atoms with Crippen LogP contribution < -0.4 is 0 Å². The topological polar surface area (TPSA) is 35.9 Å². The number of ether oxygens (including phenoxy) is 1. The molecule has 0 saturated carbocycles. The number of hydrogen-bond donors (Lipinski definition) is 1. The molecule has 1 unspecified atom stereocenters. The fourth-order valence-corrected chi connectivity index (χ4v) is 3.53. The van der Waals surface area contributed by atoms with Crippen molar-refractivity contribution in [1.29, 1.82) is 0 Å². The van der Waals surface area contributed by atoms with Gasteiger partial charge in [0.1, 0.15) is 0 Å². The van der Waals surface area contributed by atoms with E-state index in [1.54, 1.807) is 0 Å². The van der Waals surface area contributed by atoms with Crippen LogP contribution in [0.2, 0.25) is 0 Å². The molecule has 0 aliphatic carbocycles. The predicted molar refractivity (Wildman–Crippen MR) is 87.8 cm³/mol. The lowest BCUT2D eigenvalue weighted by atomic mass is 9.95. The summed E-state index contributed by atoms with van der Waals surface area (Å²) in [5.74, 6) is 0.809. The van der Waals surface area contributed by atoms with Gasteiger partial charge in [0.05, 0.1) is 19.3 Å². The summed E-state index contributed by atoms with van der Waals surface area (Å²) in [4.78, 5) is 4.95. The van der Waals surface area contributed by atoms with E-state index in [1.165, 1.54) is 19.4 Å². The van der Waals surface area contributed by atoms with Gasteiger partial charge in [0, 0.05) is 26.2 Å². The highest BCUT2D eigenvalue weighted by Crippen LogP contribution is 2.21. The Morgan fingerprint density at radius 3 is 2.36 bits per heavy atom. The van der Waals surface area contributed by atoms with Gasteiger partial charge in [-0.3, -0.25) is 4.90 Å². The van der Waals surface area contributed by atoms with Crippen molar-refractivity contribution in [1.82, 2.24) is 9.80 Å². The molecule has 2 saturated heterocycles. The van der Waals surface area contributed by atoms with Gasteiger partial charge in [0.15, 0.2) is 0 Å². The third-order valence-electron chi connectivity index (χ3n) is 4.94. The van der Waals surface area contributed by atoms with Crippen molar-refractivity contribution < 1.29 is 9.84 Å². The predicted octanol–water partition coefficient (Wildman–Crippen LogP) is 1.76. The zero-order chi connectivity index (χ0) is 15.2. The smallest absolute Gasteiger partial charge is 0.0916 e.